The van der Waals surface area contributed by atoms with Gasteiger partial charge in [-0.15, -0.1) is 0 Å². The first-order chi connectivity index (χ1) is 9.73. The van der Waals surface area contributed by atoms with Gasteiger partial charge in [-0.3, -0.25) is 0 Å². The summed E-state index contributed by atoms with van der Waals surface area (Å²) in [5.41, 5.74) is 1.19. The number of urea groups is 1. The molecular weight excluding hydrogens is 308 g/mol. The summed E-state index contributed by atoms with van der Waals surface area (Å²) < 4.78 is 22.7. The van der Waals surface area contributed by atoms with Crippen LogP contribution in [-0.4, -0.2) is 50.0 Å². The normalized spacial score (nSPS) is 14.5. The van der Waals surface area contributed by atoms with E-state index >= 15 is 0 Å². The molecule has 0 aliphatic rings. The Kier molecular flexibility index (Phi) is 6.67. The highest BCUT2D eigenvalue weighted by Gasteiger charge is 2.22. The zero-order valence-corrected chi connectivity index (χ0v) is 14.6. The zero-order chi connectivity index (χ0) is 16.0. The van der Waals surface area contributed by atoms with Gasteiger partial charge in [0.1, 0.15) is 9.84 Å². The van der Waals surface area contributed by atoms with Crippen LogP contribution in [0.2, 0.25) is 0 Å². The SMILES string of the molecule is CCN(C(=O)N[C@H](C)Cc1ccsc1)[C@@H](C)CS(C)(=O)=O. The molecule has 1 N–H and O–H groups in total. The number of hydrogen-bond acceptors (Lipinski definition) is 4. The highest BCUT2D eigenvalue weighted by atomic mass is 32.2. The van der Waals surface area contributed by atoms with Crippen LogP contribution in [0.5, 0.6) is 0 Å². The second-order valence-electron chi connectivity index (χ2n) is 5.41. The van der Waals surface area contributed by atoms with Crippen molar-refractivity contribution in [2.75, 3.05) is 18.6 Å². The Morgan fingerprint density at radius 2 is 2.10 bits per heavy atom. The Bertz CT molecular complexity index is 541. The summed E-state index contributed by atoms with van der Waals surface area (Å²) in [6, 6.07) is 1.50. The fourth-order valence-electron chi connectivity index (χ4n) is 2.29. The molecule has 5 nitrogen and oxygen atoms in total. The summed E-state index contributed by atoms with van der Waals surface area (Å²) in [6.07, 6.45) is 1.96. The standard InChI is InChI=1S/C14H24N2O3S2/c1-5-16(12(3)10-21(4,18)19)14(17)15-11(2)8-13-6-7-20-9-13/h6-7,9,11-12H,5,8,10H2,1-4H3,(H,15,17)/t11-,12+/m1/s1. The van der Waals surface area contributed by atoms with E-state index in [1.165, 1.54) is 11.8 Å². The van der Waals surface area contributed by atoms with Gasteiger partial charge in [0.2, 0.25) is 0 Å². The zero-order valence-electron chi connectivity index (χ0n) is 13.0. The fraction of sp³-hybridized carbons (Fsp3) is 0.643. The lowest BCUT2D eigenvalue weighted by Gasteiger charge is -2.29. The molecule has 0 saturated heterocycles. The minimum Gasteiger partial charge on any atom is -0.335 e. The van der Waals surface area contributed by atoms with E-state index in [4.69, 9.17) is 0 Å². The van der Waals surface area contributed by atoms with Crippen LogP contribution >= 0.6 is 11.3 Å². The van der Waals surface area contributed by atoms with Gasteiger partial charge in [-0.1, -0.05) is 0 Å². The second kappa shape index (κ2) is 7.79. The molecule has 1 aromatic rings. The van der Waals surface area contributed by atoms with Crippen molar-refractivity contribution in [2.45, 2.75) is 39.3 Å². The first kappa shape index (κ1) is 18.0. The smallest absolute Gasteiger partial charge is 0.317 e. The molecule has 0 radical (unpaired) electrons. The van der Waals surface area contributed by atoms with Crippen LogP contribution in [0.1, 0.15) is 26.3 Å². The summed E-state index contributed by atoms with van der Waals surface area (Å²) in [4.78, 5) is 13.8. The number of nitrogens with zero attached hydrogens (tertiary/aromatic N) is 1. The molecule has 2 amide bonds. The maximum atomic E-state index is 12.3. The highest BCUT2D eigenvalue weighted by Crippen LogP contribution is 2.09. The summed E-state index contributed by atoms with van der Waals surface area (Å²) in [7, 11) is -3.10. The first-order valence-electron chi connectivity index (χ1n) is 6.99. The molecular formula is C14H24N2O3S2. The first-order valence-corrected chi connectivity index (χ1v) is 9.99. The topological polar surface area (TPSA) is 66.5 Å². The Labute approximate surface area is 131 Å². The van der Waals surface area contributed by atoms with Gasteiger partial charge in [0.15, 0.2) is 0 Å². The predicted octanol–water partition coefficient (Wildman–Crippen LogP) is 2.14. The van der Waals surface area contributed by atoms with E-state index < -0.39 is 9.84 Å². The minimum atomic E-state index is -3.10. The van der Waals surface area contributed by atoms with Crippen LogP contribution < -0.4 is 5.32 Å². The Balaban J connectivity index is 2.58. The van der Waals surface area contributed by atoms with Crippen molar-refractivity contribution >= 4 is 27.2 Å². The molecule has 0 fully saturated rings. The predicted molar refractivity (Wildman–Crippen MR) is 87.6 cm³/mol. The molecule has 0 bridgehead atoms. The van der Waals surface area contributed by atoms with Crippen molar-refractivity contribution < 1.29 is 13.2 Å². The molecule has 1 aromatic heterocycles. The van der Waals surface area contributed by atoms with Gasteiger partial charge in [-0.2, -0.15) is 11.3 Å². The molecule has 120 valence electrons. The average molecular weight is 332 g/mol. The number of carbonyl (C=O) groups excluding carboxylic acids is 1. The lowest BCUT2D eigenvalue weighted by Crippen LogP contribution is -2.49. The molecule has 1 rings (SSSR count). The van der Waals surface area contributed by atoms with E-state index in [1.54, 1.807) is 23.2 Å². The van der Waals surface area contributed by atoms with Crippen molar-refractivity contribution in [1.29, 1.82) is 0 Å². The van der Waals surface area contributed by atoms with E-state index in [2.05, 4.69) is 10.7 Å². The number of hydrogen-bond donors (Lipinski definition) is 1. The Morgan fingerprint density at radius 1 is 1.43 bits per heavy atom. The number of sulfone groups is 1. The number of rotatable bonds is 7. The van der Waals surface area contributed by atoms with Crippen molar-refractivity contribution in [3.8, 4) is 0 Å². The molecule has 0 aliphatic carbocycles. The van der Waals surface area contributed by atoms with Gasteiger partial charge < -0.3 is 10.2 Å². The summed E-state index contributed by atoms with van der Waals surface area (Å²) >= 11 is 1.63. The maximum absolute atomic E-state index is 12.3. The highest BCUT2D eigenvalue weighted by molar-refractivity contribution is 7.90. The number of carbonyl (C=O) groups is 1. The number of amides is 2. The van der Waals surface area contributed by atoms with Crippen molar-refractivity contribution in [3.63, 3.8) is 0 Å². The minimum absolute atomic E-state index is 0.00610. The van der Waals surface area contributed by atoms with Crippen molar-refractivity contribution in [1.82, 2.24) is 10.2 Å². The average Bonchev–Trinajstić information content (AvgIpc) is 2.79. The molecule has 0 unspecified atom stereocenters. The van der Waals surface area contributed by atoms with Gasteiger partial charge in [0, 0.05) is 24.9 Å². The molecule has 1 heterocycles. The Morgan fingerprint density at radius 3 is 2.57 bits per heavy atom. The molecule has 0 spiro atoms. The van der Waals surface area contributed by atoms with Crippen LogP contribution in [0.25, 0.3) is 0 Å². The van der Waals surface area contributed by atoms with Crippen LogP contribution in [0.4, 0.5) is 4.79 Å². The third-order valence-electron chi connectivity index (χ3n) is 3.17. The van der Waals surface area contributed by atoms with Gasteiger partial charge >= 0.3 is 6.03 Å². The van der Waals surface area contributed by atoms with E-state index in [0.717, 1.165) is 6.42 Å². The molecule has 2 atom stereocenters. The molecule has 0 saturated carbocycles. The third-order valence-corrected chi connectivity index (χ3v) is 4.99. The van der Waals surface area contributed by atoms with Crippen LogP contribution in [0.3, 0.4) is 0 Å². The van der Waals surface area contributed by atoms with E-state index in [9.17, 15) is 13.2 Å². The summed E-state index contributed by atoms with van der Waals surface area (Å²) in [5.74, 6) is -0.0207. The molecule has 0 aromatic carbocycles. The third kappa shape index (κ3) is 6.48. The molecule has 7 heteroatoms. The number of nitrogens with one attached hydrogen (secondary N) is 1. The van der Waals surface area contributed by atoms with Crippen LogP contribution in [0, 0.1) is 0 Å². The summed E-state index contributed by atoms with van der Waals surface area (Å²) in [6.45, 7) is 6.04. The van der Waals surface area contributed by atoms with Gasteiger partial charge in [-0.25, -0.2) is 13.2 Å². The van der Waals surface area contributed by atoms with E-state index in [-0.39, 0.29) is 23.9 Å². The monoisotopic (exact) mass is 332 g/mol. The Hall–Kier alpha value is -1.08. The second-order valence-corrected chi connectivity index (χ2v) is 8.38. The van der Waals surface area contributed by atoms with Gasteiger partial charge in [-0.05, 0) is 49.6 Å². The number of thiophene rings is 1. The van der Waals surface area contributed by atoms with E-state index in [0.29, 0.717) is 6.54 Å². The largest absolute Gasteiger partial charge is 0.335 e. The molecule has 0 aliphatic heterocycles. The van der Waals surface area contributed by atoms with Crippen molar-refractivity contribution in [3.05, 3.63) is 22.4 Å². The molecule has 21 heavy (non-hydrogen) atoms. The quantitative estimate of drug-likeness (QED) is 0.832. The lowest BCUT2D eigenvalue weighted by molar-refractivity contribution is 0.184. The van der Waals surface area contributed by atoms with Crippen LogP contribution in [0.15, 0.2) is 16.8 Å². The summed E-state index contributed by atoms with van der Waals surface area (Å²) in [5, 5.41) is 7.00. The van der Waals surface area contributed by atoms with Crippen molar-refractivity contribution in [2.24, 2.45) is 0 Å². The van der Waals surface area contributed by atoms with Crippen LogP contribution in [-0.2, 0) is 16.3 Å². The van der Waals surface area contributed by atoms with Gasteiger partial charge in [0.05, 0.1) is 5.75 Å². The van der Waals surface area contributed by atoms with E-state index in [1.807, 2.05) is 25.3 Å². The fourth-order valence-corrected chi connectivity index (χ4v) is 4.03. The maximum Gasteiger partial charge on any atom is 0.317 e. The lowest BCUT2D eigenvalue weighted by atomic mass is 10.1. The van der Waals surface area contributed by atoms with Gasteiger partial charge in [0.25, 0.3) is 0 Å².